The number of rotatable bonds is 7. The van der Waals surface area contributed by atoms with Gasteiger partial charge in [0.2, 0.25) is 5.91 Å². The van der Waals surface area contributed by atoms with Gasteiger partial charge in [0, 0.05) is 31.1 Å². The van der Waals surface area contributed by atoms with E-state index in [9.17, 15) is 9.59 Å². The third-order valence-corrected chi connectivity index (χ3v) is 5.49. The topological polar surface area (TPSA) is 67.9 Å². The van der Waals surface area contributed by atoms with Gasteiger partial charge in [0.1, 0.15) is 11.5 Å². The summed E-state index contributed by atoms with van der Waals surface area (Å²) >= 11 is 0. The first-order chi connectivity index (χ1) is 14.4. The van der Waals surface area contributed by atoms with E-state index in [2.05, 4.69) is 19.2 Å². The summed E-state index contributed by atoms with van der Waals surface area (Å²) in [5.74, 6) is 1.30. The number of carbonyl (C=O) groups is 2. The summed E-state index contributed by atoms with van der Waals surface area (Å²) in [5, 5.41) is 3.04. The van der Waals surface area contributed by atoms with Crippen LogP contribution in [-0.2, 0) is 4.79 Å². The van der Waals surface area contributed by atoms with Gasteiger partial charge in [-0.1, -0.05) is 32.0 Å². The highest BCUT2D eigenvalue weighted by Crippen LogP contribution is 2.34. The first kappa shape index (κ1) is 21.7. The highest BCUT2D eigenvalue weighted by atomic mass is 16.5. The lowest BCUT2D eigenvalue weighted by atomic mass is 9.88. The number of methoxy groups -OCH3 is 2. The number of hydrogen-bond acceptors (Lipinski definition) is 4. The Morgan fingerprint density at radius 2 is 1.73 bits per heavy atom. The molecule has 6 heteroatoms. The lowest BCUT2D eigenvalue weighted by Crippen LogP contribution is -2.37. The van der Waals surface area contributed by atoms with Gasteiger partial charge in [0.05, 0.1) is 20.1 Å². The van der Waals surface area contributed by atoms with Gasteiger partial charge in [0.15, 0.2) is 0 Å². The highest BCUT2D eigenvalue weighted by Gasteiger charge is 2.40. The average Bonchev–Trinajstić information content (AvgIpc) is 3.22. The van der Waals surface area contributed by atoms with Crippen LogP contribution in [-0.4, -0.2) is 50.6 Å². The number of nitrogens with zero attached hydrogens (tertiary/aromatic N) is 1. The van der Waals surface area contributed by atoms with Crippen molar-refractivity contribution in [3.63, 3.8) is 0 Å². The van der Waals surface area contributed by atoms with Crippen molar-refractivity contribution >= 4 is 11.8 Å². The van der Waals surface area contributed by atoms with Crippen LogP contribution in [0.2, 0.25) is 0 Å². The van der Waals surface area contributed by atoms with Crippen molar-refractivity contribution in [1.29, 1.82) is 0 Å². The van der Waals surface area contributed by atoms with Crippen LogP contribution in [0.5, 0.6) is 11.5 Å². The molecule has 1 aliphatic heterocycles. The summed E-state index contributed by atoms with van der Waals surface area (Å²) in [6.07, 6.45) is 0. The predicted molar refractivity (Wildman–Crippen MR) is 116 cm³/mol. The average molecular weight is 411 g/mol. The zero-order valence-electron chi connectivity index (χ0n) is 18.1. The molecular weight excluding hydrogens is 380 g/mol. The van der Waals surface area contributed by atoms with Crippen molar-refractivity contribution in [3.05, 3.63) is 59.7 Å². The summed E-state index contributed by atoms with van der Waals surface area (Å²) < 4.78 is 10.5. The van der Waals surface area contributed by atoms with E-state index < -0.39 is 0 Å². The van der Waals surface area contributed by atoms with Crippen LogP contribution >= 0.6 is 0 Å². The summed E-state index contributed by atoms with van der Waals surface area (Å²) in [6.45, 7) is 5.62. The number of ether oxygens (including phenoxy) is 2. The molecule has 0 radical (unpaired) electrons. The minimum Gasteiger partial charge on any atom is -0.497 e. The molecule has 2 amide bonds. The fourth-order valence-corrected chi connectivity index (χ4v) is 3.80. The van der Waals surface area contributed by atoms with Crippen LogP contribution in [0.4, 0.5) is 0 Å². The van der Waals surface area contributed by atoms with Crippen LogP contribution in [0.25, 0.3) is 0 Å². The van der Waals surface area contributed by atoms with Gasteiger partial charge in [-0.05, 0) is 41.8 Å². The molecule has 2 atom stereocenters. The fraction of sp³-hybridized carbons (Fsp3) is 0.417. The van der Waals surface area contributed by atoms with E-state index in [1.165, 1.54) is 0 Å². The van der Waals surface area contributed by atoms with Crippen molar-refractivity contribution in [3.8, 4) is 11.5 Å². The molecule has 1 N–H and O–H groups in total. The molecule has 30 heavy (non-hydrogen) atoms. The number of benzene rings is 2. The minimum absolute atomic E-state index is 0.00883. The van der Waals surface area contributed by atoms with Gasteiger partial charge in [-0.25, -0.2) is 0 Å². The van der Waals surface area contributed by atoms with Crippen molar-refractivity contribution in [1.82, 2.24) is 10.2 Å². The lowest BCUT2D eigenvalue weighted by molar-refractivity contribution is -0.125. The molecule has 0 spiro atoms. The normalized spacial score (nSPS) is 18.4. The van der Waals surface area contributed by atoms with Gasteiger partial charge in [-0.15, -0.1) is 0 Å². The third kappa shape index (κ3) is 4.93. The second-order valence-corrected chi connectivity index (χ2v) is 8.07. The van der Waals surface area contributed by atoms with E-state index in [-0.39, 0.29) is 23.7 Å². The first-order valence-corrected chi connectivity index (χ1v) is 10.3. The van der Waals surface area contributed by atoms with Crippen molar-refractivity contribution in [2.75, 3.05) is 33.9 Å². The molecule has 2 aromatic carbocycles. The standard InChI is InChI=1S/C24H30N2O4/c1-16(2)13-25-23(27)22-15-26(24(28)18-6-5-7-20(12-18)30-4)14-21(22)17-8-10-19(29-3)11-9-17/h5-12,16,21-22H,13-15H2,1-4H3,(H,25,27)/t21-,22-/m0/s1. The molecule has 160 valence electrons. The second-order valence-electron chi connectivity index (χ2n) is 8.07. The molecule has 0 aromatic heterocycles. The summed E-state index contributed by atoms with van der Waals surface area (Å²) in [4.78, 5) is 27.9. The quantitative estimate of drug-likeness (QED) is 0.760. The molecule has 0 unspecified atom stereocenters. The number of amides is 2. The van der Waals surface area contributed by atoms with E-state index in [0.717, 1.165) is 11.3 Å². The van der Waals surface area contributed by atoms with Crippen LogP contribution in [0, 0.1) is 11.8 Å². The lowest BCUT2D eigenvalue weighted by Gasteiger charge is -2.19. The molecule has 1 aliphatic rings. The zero-order valence-corrected chi connectivity index (χ0v) is 18.1. The van der Waals surface area contributed by atoms with Gasteiger partial charge < -0.3 is 19.7 Å². The second kappa shape index (κ2) is 9.65. The van der Waals surface area contributed by atoms with E-state index in [1.807, 2.05) is 30.3 Å². The maximum Gasteiger partial charge on any atom is 0.254 e. The van der Waals surface area contributed by atoms with Crippen molar-refractivity contribution in [2.45, 2.75) is 19.8 Å². The Morgan fingerprint density at radius 1 is 1.03 bits per heavy atom. The molecule has 1 heterocycles. The van der Waals surface area contributed by atoms with E-state index in [0.29, 0.717) is 36.9 Å². The SMILES string of the molecule is COc1ccc([C@@H]2CN(C(=O)c3cccc(OC)c3)C[C@@H]2C(=O)NCC(C)C)cc1. The molecule has 6 nitrogen and oxygen atoms in total. The zero-order chi connectivity index (χ0) is 21.7. The van der Waals surface area contributed by atoms with Crippen LogP contribution in [0.15, 0.2) is 48.5 Å². The molecule has 1 fully saturated rings. The first-order valence-electron chi connectivity index (χ1n) is 10.3. The minimum atomic E-state index is -0.299. The van der Waals surface area contributed by atoms with E-state index in [1.54, 1.807) is 37.3 Å². The Hall–Kier alpha value is -3.02. The largest absolute Gasteiger partial charge is 0.497 e. The number of likely N-dealkylation sites (tertiary alicyclic amines) is 1. The molecule has 3 rings (SSSR count). The Morgan fingerprint density at radius 3 is 2.37 bits per heavy atom. The molecule has 0 saturated carbocycles. The Balaban J connectivity index is 1.84. The molecule has 0 aliphatic carbocycles. The molecule has 0 bridgehead atoms. The van der Waals surface area contributed by atoms with Crippen molar-refractivity contribution < 1.29 is 19.1 Å². The number of hydrogen-bond donors (Lipinski definition) is 1. The molecular formula is C24H30N2O4. The predicted octanol–water partition coefficient (Wildman–Crippen LogP) is 3.33. The maximum atomic E-state index is 13.1. The number of carbonyl (C=O) groups excluding carboxylic acids is 2. The Labute approximate surface area is 178 Å². The van der Waals surface area contributed by atoms with Crippen LogP contribution in [0.1, 0.15) is 35.7 Å². The summed E-state index contributed by atoms with van der Waals surface area (Å²) in [7, 11) is 3.20. The van der Waals surface area contributed by atoms with Gasteiger partial charge in [-0.2, -0.15) is 0 Å². The maximum absolute atomic E-state index is 13.1. The molecule has 1 saturated heterocycles. The Kier molecular flexibility index (Phi) is 6.98. The van der Waals surface area contributed by atoms with Crippen LogP contribution in [0.3, 0.4) is 0 Å². The third-order valence-electron chi connectivity index (χ3n) is 5.49. The Bertz CT molecular complexity index is 879. The van der Waals surface area contributed by atoms with E-state index >= 15 is 0 Å². The monoisotopic (exact) mass is 410 g/mol. The van der Waals surface area contributed by atoms with Crippen molar-refractivity contribution in [2.24, 2.45) is 11.8 Å². The van der Waals surface area contributed by atoms with Crippen LogP contribution < -0.4 is 14.8 Å². The van der Waals surface area contributed by atoms with E-state index in [4.69, 9.17) is 9.47 Å². The van der Waals surface area contributed by atoms with Gasteiger partial charge in [-0.3, -0.25) is 9.59 Å². The smallest absolute Gasteiger partial charge is 0.254 e. The summed E-state index contributed by atoms with van der Waals surface area (Å²) in [5.41, 5.74) is 1.59. The highest BCUT2D eigenvalue weighted by molar-refractivity contribution is 5.95. The fourth-order valence-electron chi connectivity index (χ4n) is 3.80. The van der Waals surface area contributed by atoms with Gasteiger partial charge >= 0.3 is 0 Å². The number of nitrogens with one attached hydrogen (secondary N) is 1. The molecule has 2 aromatic rings. The van der Waals surface area contributed by atoms with Gasteiger partial charge in [0.25, 0.3) is 5.91 Å². The summed E-state index contributed by atoms with van der Waals surface area (Å²) in [6, 6.07) is 14.9.